The minimum Gasteiger partial charge on any atom is -0.491 e. The van der Waals surface area contributed by atoms with Gasteiger partial charge in [-0.15, -0.1) is 0 Å². The Kier molecular flexibility index (Phi) is 18.1. The molecule has 6 atom stereocenters. The number of sulfone groups is 2. The lowest BCUT2D eigenvalue weighted by Crippen LogP contribution is -2.42. The molecule has 2 heterocycles. The monoisotopic (exact) mass is 1140 g/mol. The van der Waals surface area contributed by atoms with Gasteiger partial charge < -0.3 is 29.2 Å². The smallest absolute Gasteiger partial charge is 0.179 e. The highest BCUT2D eigenvalue weighted by molar-refractivity contribution is 14.1. The van der Waals surface area contributed by atoms with Gasteiger partial charge >= 0.3 is 0 Å². The average molecular weight is 1140 g/mol. The zero-order valence-corrected chi connectivity index (χ0v) is 43.4. The van der Waals surface area contributed by atoms with E-state index in [1.165, 1.54) is 0 Å². The van der Waals surface area contributed by atoms with Crippen LogP contribution in [0.1, 0.15) is 113 Å². The fraction of sp³-hybridized carbons (Fsp3) is 0.520. The number of benzene rings is 4. The van der Waals surface area contributed by atoms with Gasteiger partial charge in [-0.25, -0.2) is 16.8 Å². The lowest BCUT2D eigenvalue weighted by molar-refractivity contribution is 0.0171. The van der Waals surface area contributed by atoms with E-state index in [9.17, 15) is 27.0 Å². The SMILES string of the molecule is CCCC[C@]1(CC)CS(=O)(=O)c2ccc(OCCOCCOCCOc3ccc4c(c3)[C@@H](c3ccc(I)cc3)[C@@H](O)[C@](CC)(CCCC)CS4(=O)=O)cc2[C@@H](c2ccc(I)cc2)[C@H]1O. The zero-order chi connectivity index (χ0) is 46.1. The Hall–Kier alpha value is -2.32. The number of hydrogen-bond acceptors (Lipinski definition) is 10. The van der Waals surface area contributed by atoms with Gasteiger partial charge in [-0.2, -0.15) is 0 Å². The van der Waals surface area contributed by atoms with Crippen molar-refractivity contribution in [1.82, 2.24) is 0 Å². The van der Waals surface area contributed by atoms with Gasteiger partial charge in [-0.1, -0.05) is 77.6 Å². The maximum absolute atomic E-state index is 14.0. The van der Waals surface area contributed by atoms with E-state index in [4.69, 9.17) is 18.9 Å². The Morgan fingerprint density at radius 2 is 0.906 bits per heavy atom. The molecule has 4 aromatic carbocycles. The van der Waals surface area contributed by atoms with Crippen LogP contribution >= 0.6 is 45.2 Å². The second-order valence-electron chi connectivity index (χ2n) is 17.4. The number of aliphatic hydroxyl groups is 2. The fourth-order valence-corrected chi connectivity index (χ4v) is 14.9. The third-order valence-corrected chi connectivity index (χ3v) is 18.9. The van der Waals surface area contributed by atoms with Crippen LogP contribution in [0.25, 0.3) is 0 Å². The molecule has 0 spiro atoms. The minimum absolute atomic E-state index is 0.104. The number of fused-ring (bicyclic) bond motifs is 2. The third-order valence-electron chi connectivity index (χ3n) is 13.4. The summed E-state index contributed by atoms with van der Waals surface area (Å²) in [6.07, 6.45) is 3.98. The normalized spacial score (nSPS) is 24.8. The van der Waals surface area contributed by atoms with Crippen LogP contribution in [0.15, 0.2) is 94.7 Å². The Balaban J connectivity index is 1.04. The van der Waals surface area contributed by atoms with Gasteiger partial charge in [0.2, 0.25) is 0 Å². The van der Waals surface area contributed by atoms with E-state index in [1.54, 1.807) is 36.4 Å². The van der Waals surface area contributed by atoms with Gasteiger partial charge in [0.05, 0.1) is 59.9 Å². The minimum atomic E-state index is -3.71. The molecule has 0 radical (unpaired) electrons. The summed E-state index contributed by atoms with van der Waals surface area (Å²) in [5, 5.41) is 24.4. The maximum Gasteiger partial charge on any atom is 0.179 e. The van der Waals surface area contributed by atoms with Gasteiger partial charge in [-0.05, 0) is 154 Å². The second-order valence-corrected chi connectivity index (χ2v) is 23.8. The van der Waals surface area contributed by atoms with E-state index in [0.29, 0.717) is 61.5 Å². The summed E-state index contributed by atoms with van der Waals surface area (Å²) in [6, 6.07) is 26.0. The van der Waals surface area contributed by atoms with Crippen molar-refractivity contribution in [2.24, 2.45) is 10.8 Å². The molecule has 2 aliphatic rings. The molecule has 0 amide bonds. The van der Waals surface area contributed by atoms with Crippen LogP contribution in [0.5, 0.6) is 11.5 Å². The van der Waals surface area contributed by atoms with E-state index in [0.717, 1.165) is 44.0 Å². The van der Waals surface area contributed by atoms with Crippen molar-refractivity contribution in [2.75, 3.05) is 51.1 Å². The van der Waals surface area contributed by atoms with E-state index in [-0.39, 0.29) is 47.7 Å². The first-order chi connectivity index (χ1) is 30.6. The van der Waals surface area contributed by atoms with Gasteiger partial charge in [0.1, 0.15) is 24.7 Å². The molecule has 10 nitrogen and oxygen atoms in total. The van der Waals surface area contributed by atoms with Crippen LogP contribution in [0.2, 0.25) is 0 Å². The molecule has 0 unspecified atom stereocenters. The van der Waals surface area contributed by atoms with Crippen molar-refractivity contribution in [1.29, 1.82) is 0 Å². The Labute approximate surface area is 408 Å². The molecule has 350 valence electrons. The van der Waals surface area contributed by atoms with Crippen LogP contribution in [0, 0.1) is 18.0 Å². The Morgan fingerprint density at radius 3 is 1.25 bits per heavy atom. The highest BCUT2D eigenvalue weighted by atomic mass is 127. The van der Waals surface area contributed by atoms with Crippen LogP contribution in [0.4, 0.5) is 0 Å². The molecule has 64 heavy (non-hydrogen) atoms. The topological polar surface area (TPSA) is 146 Å². The van der Waals surface area contributed by atoms with Crippen LogP contribution in [-0.2, 0) is 29.1 Å². The van der Waals surface area contributed by atoms with Gasteiger partial charge in [0, 0.05) is 29.8 Å². The highest BCUT2D eigenvalue weighted by Crippen LogP contribution is 2.51. The molecule has 2 aliphatic heterocycles. The predicted octanol–water partition coefficient (Wildman–Crippen LogP) is 10.1. The largest absolute Gasteiger partial charge is 0.491 e. The third kappa shape index (κ3) is 11.7. The number of unbranched alkanes of at least 4 members (excludes halogenated alkanes) is 2. The fourth-order valence-electron chi connectivity index (χ4n) is 9.71. The first-order valence-electron chi connectivity index (χ1n) is 22.7. The van der Waals surface area contributed by atoms with Gasteiger partial charge in [-0.3, -0.25) is 0 Å². The van der Waals surface area contributed by atoms with Gasteiger partial charge in [0.25, 0.3) is 0 Å². The first-order valence-corrected chi connectivity index (χ1v) is 28.1. The second kappa shape index (κ2) is 22.7. The standard InChI is InChI=1S/C50H64I2O10S2/c1-5-9-23-49(7-3)33-63(55,56)43-21-19-39(31-41(43)45(47(49)53)35-11-15-37(51)16-12-35)61-29-27-59-25-26-60-28-30-62-40-20-22-44-42(32-40)46(36-13-17-38(52)18-14-36)48(54)50(8-4,24-10-6-2)34-64(44,57)58/h11-22,31-32,45-48,53-54H,5-10,23-30,33-34H2,1-4H3/t45-,46-,47-,48-,49-,50-/m1/s1. The molecule has 0 saturated carbocycles. The van der Waals surface area contributed by atoms with E-state index in [1.807, 2.05) is 62.4 Å². The number of aliphatic hydroxyl groups excluding tert-OH is 2. The summed E-state index contributed by atoms with van der Waals surface area (Å²) < 4.78 is 81.9. The van der Waals surface area contributed by atoms with Crippen molar-refractivity contribution >= 4 is 64.9 Å². The summed E-state index contributed by atoms with van der Waals surface area (Å²) in [5.74, 6) is -0.298. The maximum atomic E-state index is 14.0. The molecule has 14 heteroatoms. The summed E-state index contributed by atoms with van der Waals surface area (Å²) in [7, 11) is -7.43. The number of hydrogen-bond donors (Lipinski definition) is 2. The molecular weight excluding hydrogens is 1080 g/mol. The predicted molar refractivity (Wildman–Crippen MR) is 268 cm³/mol. The summed E-state index contributed by atoms with van der Waals surface area (Å²) >= 11 is 4.49. The zero-order valence-electron chi connectivity index (χ0n) is 37.4. The van der Waals surface area contributed by atoms with Crippen molar-refractivity contribution in [2.45, 2.75) is 113 Å². The van der Waals surface area contributed by atoms with Gasteiger partial charge in [0.15, 0.2) is 19.7 Å². The summed E-state index contributed by atoms with van der Waals surface area (Å²) in [6.45, 7) is 9.76. The Morgan fingerprint density at radius 1 is 0.547 bits per heavy atom. The molecular formula is C50H64I2O10S2. The van der Waals surface area contributed by atoms with Crippen LogP contribution < -0.4 is 9.47 Å². The first kappa shape index (κ1) is 51.1. The summed E-state index contributed by atoms with van der Waals surface area (Å²) in [5.41, 5.74) is 1.26. The molecule has 0 aromatic heterocycles. The number of halogens is 2. The molecule has 4 aromatic rings. The van der Waals surface area contributed by atoms with E-state index < -0.39 is 54.5 Å². The quantitative estimate of drug-likeness (QED) is 0.0611. The van der Waals surface area contributed by atoms with Crippen molar-refractivity contribution < 1.29 is 46.0 Å². The van der Waals surface area contributed by atoms with Crippen LogP contribution in [0.3, 0.4) is 0 Å². The van der Waals surface area contributed by atoms with E-state index in [2.05, 4.69) is 59.0 Å². The molecule has 0 aliphatic carbocycles. The molecule has 0 fully saturated rings. The molecule has 6 rings (SSSR count). The molecule has 0 bridgehead atoms. The lowest BCUT2D eigenvalue weighted by Gasteiger charge is -2.39. The molecule has 2 N–H and O–H groups in total. The average Bonchev–Trinajstić information content (AvgIpc) is 3.40. The number of rotatable bonds is 21. The number of ether oxygens (including phenoxy) is 4. The van der Waals surface area contributed by atoms with Crippen LogP contribution in [-0.4, -0.2) is 90.4 Å². The lowest BCUT2D eigenvalue weighted by atomic mass is 9.69. The van der Waals surface area contributed by atoms with Crippen molar-refractivity contribution in [3.8, 4) is 11.5 Å². The molecule has 0 saturated heterocycles. The highest BCUT2D eigenvalue weighted by Gasteiger charge is 2.50. The Bertz CT molecular complexity index is 2210. The van der Waals surface area contributed by atoms with Crippen molar-refractivity contribution in [3.63, 3.8) is 0 Å². The van der Waals surface area contributed by atoms with E-state index >= 15 is 0 Å². The summed E-state index contributed by atoms with van der Waals surface area (Å²) in [4.78, 5) is 0.486. The van der Waals surface area contributed by atoms with Crippen molar-refractivity contribution in [3.05, 3.63) is 114 Å².